The van der Waals surface area contributed by atoms with E-state index in [1.165, 1.54) is 5.56 Å². The monoisotopic (exact) mass is 237 g/mol. The number of aryl methyl sites for hydroxylation is 1. The minimum Gasteiger partial charge on any atom is -0.369 e. The van der Waals surface area contributed by atoms with Crippen molar-refractivity contribution in [3.63, 3.8) is 0 Å². The fourth-order valence-corrected chi connectivity index (χ4v) is 2.39. The molecule has 94 valence electrons. The zero-order valence-corrected chi connectivity index (χ0v) is 10.6. The first-order valence-electron chi connectivity index (χ1n) is 6.34. The molecule has 0 bridgehead atoms. The lowest BCUT2D eigenvalue weighted by atomic mass is 10.1. The molecule has 0 atom stereocenters. The molecule has 2 rings (SSSR count). The number of aromatic nitrogens is 1. The summed E-state index contributed by atoms with van der Waals surface area (Å²) in [5.41, 5.74) is 3.08. The van der Waals surface area contributed by atoms with Crippen molar-refractivity contribution in [2.75, 3.05) is 31.1 Å². The number of hydrogen-bond acceptors (Lipinski definition) is 3. The summed E-state index contributed by atoms with van der Waals surface area (Å²) in [5.74, 6) is -0.365. The zero-order valence-electron chi connectivity index (χ0n) is 10.6. The summed E-state index contributed by atoms with van der Waals surface area (Å²) in [6.07, 6.45) is 2.03. The predicted octanol–water partition coefficient (Wildman–Crippen LogP) is 1.89. The molecule has 1 fully saturated rings. The van der Waals surface area contributed by atoms with Gasteiger partial charge in [-0.05, 0) is 18.9 Å². The maximum Gasteiger partial charge on any atom is 0.215 e. The molecule has 1 N–H and O–H groups in total. The fourth-order valence-electron chi connectivity index (χ4n) is 2.39. The van der Waals surface area contributed by atoms with Crippen LogP contribution in [0.3, 0.4) is 0 Å². The second kappa shape index (κ2) is 5.45. The smallest absolute Gasteiger partial charge is 0.215 e. The van der Waals surface area contributed by atoms with Gasteiger partial charge in [-0.2, -0.15) is 4.39 Å². The Bertz CT molecular complexity index is 386. The van der Waals surface area contributed by atoms with Crippen molar-refractivity contribution in [1.82, 2.24) is 10.3 Å². The molecule has 3 nitrogen and oxygen atoms in total. The number of nitrogens with zero attached hydrogens (tertiary/aromatic N) is 2. The molecule has 1 aliphatic heterocycles. The number of nitrogens with one attached hydrogen (secondary N) is 1. The van der Waals surface area contributed by atoms with Crippen LogP contribution in [0, 0.1) is 12.9 Å². The Morgan fingerprint density at radius 2 is 2.12 bits per heavy atom. The molecule has 0 saturated carbocycles. The van der Waals surface area contributed by atoms with E-state index in [4.69, 9.17) is 0 Å². The first-order chi connectivity index (χ1) is 8.22. The van der Waals surface area contributed by atoms with Crippen LogP contribution in [0.25, 0.3) is 0 Å². The molecule has 4 heteroatoms. The number of halogens is 1. The lowest BCUT2D eigenvalue weighted by molar-refractivity contribution is 0.564. The van der Waals surface area contributed by atoms with Crippen molar-refractivity contribution >= 4 is 5.69 Å². The van der Waals surface area contributed by atoms with Gasteiger partial charge in [-0.1, -0.05) is 13.3 Å². The molecule has 0 amide bonds. The number of pyridine rings is 1. The van der Waals surface area contributed by atoms with E-state index >= 15 is 0 Å². The highest BCUT2D eigenvalue weighted by Gasteiger charge is 2.17. The second-order valence-corrected chi connectivity index (χ2v) is 4.52. The van der Waals surface area contributed by atoms with Gasteiger partial charge in [0.05, 0.1) is 0 Å². The van der Waals surface area contributed by atoms with Crippen LogP contribution in [-0.2, 0) is 6.42 Å². The molecule has 0 unspecified atom stereocenters. The summed E-state index contributed by atoms with van der Waals surface area (Å²) < 4.78 is 13.4. The maximum atomic E-state index is 13.4. The van der Waals surface area contributed by atoms with Gasteiger partial charge in [0.25, 0.3) is 0 Å². The largest absolute Gasteiger partial charge is 0.369 e. The number of rotatable bonds is 3. The first-order valence-corrected chi connectivity index (χ1v) is 6.34. The van der Waals surface area contributed by atoms with E-state index in [0.717, 1.165) is 50.4 Å². The lowest BCUT2D eigenvalue weighted by Gasteiger charge is -2.31. The Balaban J connectivity index is 2.35. The van der Waals surface area contributed by atoms with Crippen molar-refractivity contribution < 1.29 is 4.39 Å². The quantitative estimate of drug-likeness (QED) is 0.814. The highest BCUT2D eigenvalue weighted by atomic mass is 19.1. The molecular formula is C13H20FN3. The van der Waals surface area contributed by atoms with Crippen LogP contribution in [0.2, 0.25) is 0 Å². The van der Waals surface area contributed by atoms with Crippen LogP contribution in [0.4, 0.5) is 10.1 Å². The van der Waals surface area contributed by atoms with Crippen molar-refractivity contribution in [1.29, 1.82) is 0 Å². The Morgan fingerprint density at radius 1 is 1.41 bits per heavy atom. The summed E-state index contributed by atoms with van der Waals surface area (Å²) >= 11 is 0. The molecule has 1 aliphatic rings. The third kappa shape index (κ3) is 2.75. The van der Waals surface area contributed by atoms with Crippen LogP contribution < -0.4 is 10.2 Å². The molecular weight excluding hydrogens is 217 g/mol. The van der Waals surface area contributed by atoms with Crippen LogP contribution in [0.1, 0.15) is 24.6 Å². The van der Waals surface area contributed by atoms with Gasteiger partial charge < -0.3 is 10.2 Å². The zero-order chi connectivity index (χ0) is 12.3. The Labute approximate surface area is 102 Å². The molecule has 2 heterocycles. The fraction of sp³-hybridized carbons (Fsp3) is 0.615. The summed E-state index contributed by atoms with van der Waals surface area (Å²) in [6.45, 7) is 7.87. The van der Waals surface area contributed by atoms with E-state index < -0.39 is 0 Å². The van der Waals surface area contributed by atoms with E-state index in [-0.39, 0.29) is 5.95 Å². The Hall–Kier alpha value is -1.16. The van der Waals surface area contributed by atoms with Crippen molar-refractivity contribution in [2.45, 2.75) is 26.7 Å². The third-order valence-corrected chi connectivity index (χ3v) is 3.23. The SMILES string of the molecule is CCCc1c(N2CCNCC2)cc(F)nc1C. The van der Waals surface area contributed by atoms with Gasteiger partial charge in [0.15, 0.2) is 0 Å². The van der Waals surface area contributed by atoms with Crippen molar-refractivity contribution in [3.05, 3.63) is 23.3 Å². The summed E-state index contributed by atoms with van der Waals surface area (Å²) in [6, 6.07) is 1.59. The number of anilines is 1. The van der Waals surface area contributed by atoms with E-state index in [1.807, 2.05) is 6.92 Å². The lowest BCUT2D eigenvalue weighted by Crippen LogP contribution is -2.44. The van der Waals surface area contributed by atoms with Crippen LogP contribution in [0.15, 0.2) is 6.07 Å². The normalized spacial score (nSPS) is 16.3. The van der Waals surface area contributed by atoms with Crippen molar-refractivity contribution in [2.24, 2.45) is 0 Å². The van der Waals surface area contributed by atoms with Gasteiger partial charge in [0.2, 0.25) is 5.95 Å². The summed E-state index contributed by atoms with van der Waals surface area (Å²) in [5, 5.41) is 3.31. The highest BCUT2D eigenvalue weighted by Crippen LogP contribution is 2.25. The van der Waals surface area contributed by atoms with Gasteiger partial charge in [-0.15, -0.1) is 0 Å². The van der Waals surface area contributed by atoms with Crippen LogP contribution >= 0.6 is 0 Å². The van der Waals surface area contributed by atoms with Crippen LogP contribution in [-0.4, -0.2) is 31.2 Å². The number of piperazine rings is 1. The van der Waals surface area contributed by atoms with E-state index in [1.54, 1.807) is 6.07 Å². The highest BCUT2D eigenvalue weighted by molar-refractivity contribution is 5.55. The molecule has 1 saturated heterocycles. The van der Waals surface area contributed by atoms with E-state index in [0.29, 0.717) is 0 Å². The summed E-state index contributed by atoms with van der Waals surface area (Å²) in [7, 11) is 0. The Morgan fingerprint density at radius 3 is 2.76 bits per heavy atom. The average molecular weight is 237 g/mol. The minimum absolute atomic E-state index is 0.365. The van der Waals surface area contributed by atoms with Gasteiger partial charge in [-0.3, -0.25) is 0 Å². The van der Waals surface area contributed by atoms with Gasteiger partial charge in [0.1, 0.15) is 0 Å². The van der Waals surface area contributed by atoms with Crippen molar-refractivity contribution in [3.8, 4) is 0 Å². The first kappa shape index (κ1) is 12.3. The average Bonchev–Trinajstić information content (AvgIpc) is 2.33. The van der Waals surface area contributed by atoms with E-state index in [2.05, 4.69) is 22.1 Å². The molecule has 1 aromatic heterocycles. The number of hydrogen-bond donors (Lipinski definition) is 1. The second-order valence-electron chi connectivity index (χ2n) is 4.52. The molecule has 0 radical (unpaired) electrons. The molecule has 0 aliphatic carbocycles. The predicted molar refractivity (Wildman–Crippen MR) is 68.0 cm³/mol. The van der Waals surface area contributed by atoms with Gasteiger partial charge >= 0.3 is 0 Å². The summed E-state index contributed by atoms with van der Waals surface area (Å²) in [4.78, 5) is 6.20. The minimum atomic E-state index is -0.365. The molecule has 17 heavy (non-hydrogen) atoms. The topological polar surface area (TPSA) is 28.2 Å². The van der Waals surface area contributed by atoms with Gasteiger partial charge in [-0.25, -0.2) is 4.98 Å². The standard InChI is InChI=1S/C13H20FN3/c1-3-4-11-10(2)16-13(14)9-12(11)17-7-5-15-6-8-17/h9,15H,3-8H2,1-2H3. The molecule has 0 aromatic carbocycles. The molecule has 1 aromatic rings. The van der Waals surface area contributed by atoms with Gasteiger partial charge in [0, 0.05) is 43.6 Å². The van der Waals surface area contributed by atoms with Crippen LogP contribution in [0.5, 0.6) is 0 Å². The maximum absolute atomic E-state index is 13.4. The van der Waals surface area contributed by atoms with E-state index in [9.17, 15) is 4.39 Å². The molecule has 0 spiro atoms. The Kier molecular flexibility index (Phi) is 3.94. The third-order valence-electron chi connectivity index (χ3n) is 3.23.